The first-order chi connectivity index (χ1) is 8.49. The van der Waals surface area contributed by atoms with Crippen LogP contribution in [-0.4, -0.2) is 72.2 Å². The van der Waals surface area contributed by atoms with Crippen molar-refractivity contribution >= 4 is 5.97 Å². The van der Waals surface area contributed by atoms with E-state index in [0.717, 1.165) is 0 Å². The monoisotopic (exact) mass is 261 g/mol. The number of hydrogen-bond acceptors (Lipinski definition) is 5. The normalized spacial score (nSPS) is 23.2. The fourth-order valence-electron chi connectivity index (χ4n) is 1.95. The number of aliphatic hydroxyl groups is 1. The second-order valence-corrected chi connectivity index (χ2v) is 4.86. The van der Waals surface area contributed by atoms with Gasteiger partial charge in [0.05, 0.1) is 38.4 Å². The van der Waals surface area contributed by atoms with Gasteiger partial charge < -0.3 is 19.7 Å². The maximum absolute atomic E-state index is 10.7. The summed E-state index contributed by atoms with van der Waals surface area (Å²) in [7, 11) is 0. The van der Waals surface area contributed by atoms with E-state index < -0.39 is 12.1 Å². The van der Waals surface area contributed by atoms with Crippen molar-refractivity contribution < 1.29 is 24.5 Å². The molecule has 0 bridgehead atoms. The van der Waals surface area contributed by atoms with Gasteiger partial charge in [-0.2, -0.15) is 0 Å². The van der Waals surface area contributed by atoms with Gasteiger partial charge in [0.2, 0.25) is 0 Å². The van der Waals surface area contributed by atoms with Gasteiger partial charge in [0.25, 0.3) is 0 Å². The highest BCUT2D eigenvalue weighted by molar-refractivity contribution is 5.67. The molecule has 0 aromatic carbocycles. The molecule has 0 aromatic rings. The summed E-state index contributed by atoms with van der Waals surface area (Å²) in [6, 6.07) is -0.162. The van der Waals surface area contributed by atoms with Crippen molar-refractivity contribution in [2.75, 3.05) is 32.9 Å². The van der Waals surface area contributed by atoms with E-state index in [1.54, 1.807) is 0 Å². The molecular formula is C12H23NO5. The second kappa shape index (κ2) is 7.68. The van der Waals surface area contributed by atoms with Gasteiger partial charge in [0.1, 0.15) is 0 Å². The Bertz CT molecular complexity index is 259. The van der Waals surface area contributed by atoms with Gasteiger partial charge in [-0.3, -0.25) is 9.69 Å². The number of aliphatic hydroxyl groups excluding tert-OH is 1. The summed E-state index contributed by atoms with van der Waals surface area (Å²) >= 11 is 0. The number of carbonyl (C=O) groups is 1. The highest BCUT2D eigenvalue weighted by atomic mass is 16.5. The zero-order valence-corrected chi connectivity index (χ0v) is 11.0. The summed E-state index contributed by atoms with van der Waals surface area (Å²) in [4.78, 5) is 12.7. The molecule has 0 amide bonds. The highest BCUT2D eigenvalue weighted by Gasteiger charge is 2.26. The van der Waals surface area contributed by atoms with Crippen LogP contribution in [0.2, 0.25) is 0 Å². The van der Waals surface area contributed by atoms with Crippen LogP contribution in [0.1, 0.15) is 20.3 Å². The van der Waals surface area contributed by atoms with E-state index in [4.69, 9.17) is 14.6 Å². The van der Waals surface area contributed by atoms with Gasteiger partial charge in [-0.25, -0.2) is 0 Å². The number of rotatable bonds is 7. The van der Waals surface area contributed by atoms with Crippen LogP contribution in [0.25, 0.3) is 0 Å². The van der Waals surface area contributed by atoms with Gasteiger partial charge in [0.15, 0.2) is 0 Å². The highest BCUT2D eigenvalue weighted by Crippen LogP contribution is 2.11. The van der Waals surface area contributed by atoms with Crippen molar-refractivity contribution in [3.05, 3.63) is 0 Å². The van der Waals surface area contributed by atoms with E-state index in [-0.39, 0.29) is 25.2 Å². The topological polar surface area (TPSA) is 79.2 Å². The summed E-state index contributed by atoms with van der Waals surface area (Å²) in [5.74, 6) is -0.844. The van der Waals surface area contributed by atoms with E-state index in [1.807, 2.05) is 18.7 Å². The van der Waals surface area contributed by atoms with Crippen LogP contribution < -0.4 is 0 Å². The van der Waals surface area contributed by atoms with E-state index in [9.17, 15) is 9.90 Å². The zero-order valence-electron chi connectivity index (χ0n) is 11.0. The Morgan fingerprint density at radius 1 is 1.56 bits per heavy atom. The van der Waals surface area contributed by atoms with Crippen LogP contribution >= 0.6 is 0 Å². The molecule has 0 aromatic heterocycles. The molecule has 1 saturated heterocycles. The summed E-state index contributed by atoms with van der Waals surface area (Å²) < 4.78 is 10.6. The number of aliphatic carboxylic acids is 1. The van der Waals surface area contributed by atoms with Gasteiger partial charge in [-0.1, -0.05) is 0 Å². The molecule has 2 unspecified atom stereocenters. The average Bonchev–Trinajstić information content (AvgIpc) is 2.28. The van der Waals surface area contributed by atoms with Crippen LogP contribution in [-0.2, 0) is 14.3 Å². The molecule has 0 saturated carbocycles. The van der Waals surface area contributed by atoms with Crippen molar-refractivity contribution in [3.63, 3.8) is 0 Å². The van der Waals surface area contributed by atoms with Gasteiger partial charge in [-0.15, -0.1) is 0 Å². The number of hydrogen-bond donors (Lipinski definition) is 2. The summed E-state index contributed by atoms with van der Waals surface area (Å²) in [5, 5.41) is 18.7. The van der Waals surface area contributed by atoms with Crippen LogP contribution in [0.15, 0.2) is 0 Å². The number of carboxylic acids is 1. The minimum atomic E-state index is -0.844. The number of nitrogens with zero attached hydrogens (tertiary/aromatic N) is 1. The van der Waals surface area contributed by atoms with Crippen LogP contribution in [0.4, 0.5) is 0 Å². The lowest BCUT2D eigenvalue weighted by Crippen LogP contribution is -2.50. The molecule has 6 nitrogen and oxygen atoms in total. The first-order valence-corrected chi connectivity index (χ1v) is 6.32. The maximum atomic E-state index is 10.7. The standard InChI is InChI=1S/C12H23NO5/c1-9(2)18-8-11(14)6-13-3-4-17-7-10(13)5-12(15)16/h9-11,14H,3-8H2,1-2H3,(H,15,16). The fraction of sp³-hybridized carbons (Fsp3) is 0.917. The SMILES string of the molecule is CC(C)OCC(O)CN1CCOCC1CC(=O)O. The Balaban J connectivity index is 2.38. The lowest BCUT2D eigenvalue weighted by Gasteiger charge is -2.36. The Hall–Kier alpha value is -0.690. The van der Waals surface area contributed by atoms with Crippen molar-refractivity contribution in [2.24, 2.45) is 0 Å². The molecule has 1 aliphatic rings. The summed E-state index contributed by atoms with van der Waals surface area (Å²) in [6.45, 7) is 6.15. The van der Waals surface area contributed by atoms with E-state index >= 15 is 0 Å². The molecule has 1 aliphatic heterocycles. The first kappa shape index (κ1) is 15.4. The van der Waals surface area contributed by atoms with E-state index in [0.29, 0.717) is 26.3 Å². The Labute approximate surface area is 107 Å². The van der Waals surface area contributed by atoms with Crippen molar-refractivity contribution in [1.82, 2.24) is 4.90 Å². The minimum Gasteiger partial charge on any atom is -0.481 e. The van der Waals surface area contributed by atoms with Crippen molar-refractivity contribution in [2.45, 2.75) is 38.5 Å². The second-order valence-electron chi connectivity index (χ2n) is 4.86. The predicted molar refractivity (Wildman–Crippen MR) is 65.5 cm³/mol. The third-order valence-corrected chi connectivity index (χ3v) is 2.83. The van der Waals surface area contributed by atoms with Gasteiger partial charge >= 0.3 is 5.97 Å². The molecular weight excluding hydrogens is 238 g/mol. The molecule has 1 rings (SSSR count). The number of ether oxygens (including phenoxy) is 2. The molecule has 2 N–H and O–H groups in total. The van der Waals surface area contributed by atoms with Gasteiger partial charge in [-0.05, 0) is 13.8 Å². The quantitative estimate of drug-likeness (QED) is 0.669. The molecule has 1 heterocycles. The van der Waals surface area contributed by atoms with Crippen LogP contribution in [0.5, 0.6) is 0 Å². The first-order valence-electron chi connectivity index (χ1n) is 6.32. The fourth-order valence-corrected chi connectivity index (χ4v) is 1.95. The molecule has 6 heteroatoms. The average molecular weight is 261 g/mol. The molecule has 0 aliphatic carbocycles. The molecule has 1 fully saturated rings. The molecule has 0 radical (unpaired) electrons. The lowest BCUT2D eigenvalue weighted by molar-refractivity contribution is -0.140. The molecule has 2 atom stereocenters. The maximum Gasteiger partial charge on any atom is 0.305 e. The van der Waals surface area contributed by atoms with E-state index in [1.165, 1.54) is 0 Å². The third-order valence-electron chi connectivity index (χ3n) is 2.83. The molecule has 106 valence electrons. The summed E-state index contributed by atoms with van der Waals surface area (Å²) in [6.07, 6.45) is -0.474. The minimum absolute atomic E-state index is 0.0394. The van der Waals surface area contributed by atoms with E-state index in [2.05, 4.69) is 0 Å². The van der Waals surface area contributed by atoms with Crippen molar-refractivity contribution in [3.8, 4) is 0 Å². The van der Waals surface area contributed by atoms with Crippen molar-refractivity contribution in [1.29, 1.82) is 0 Å². The van der Waals surface area contributed by atoms with Crippen LogP contribution in [0, 0.1) is 0 Å². The zero-order chi connectivity index (χ0) is 13.5. The molecule has 0 spiro atoms. The Morgan fingerprint density at radius 3 is 2.89 bits per heavy atom. The summed E-state index contributed by atoms with van der Waals surface area (Å²) in [5.41, 5.74) is 0. The lowest BCUT2D eigenvalue weighted by atomic mass is 10.1. The number of morpholine rings is 1. The Morgan fingerprint density at radius 2 is 2.28 bits per heavy atom. The third kappa shape index (κ3) is 5.77. The number of carboxylic acid groups (broad SMARTS) is 1. The number of β-amino-alcohol motifs (C(OH)–C–C–N with tert-alkyl or cyclic N) is 1. The predicted octanol–water partition coefficient (Wildman–Crippen LogP) is -0.0522. The largest absolute Gasteiger partial charge is 0.481 e. The van der Waals surface area contributed by atoms with Gasteiger partial charge in [0, 0.05) is 19.1 Å². The smallest absolute Gasteiger partial charge is 0.305 e. The Kier molecular flexibility index (Phi) is 6.56. The molecule has 18 heavy (non-hydrogen) atoms. The van der Waals surface area contributed by atoms with Crippen LogP contribution in [0.3, 0.4) is 0 Å².